The highest BCUT2D eigenvalue weighted by atomic mass is 127. The van der Waals surface area contributed by atoms with Crippen LogP contribution in [0.25, 0.3) is 11.1 Å². The third kappa shape index (κ3) is 4.15. The van der Waals surface area contributed by atoms with Crippen LogP contribution in [-0.2, 0) is 6.42 Å². The van der Waals surface area contributed by atoms with Gasteiger partial charge in [0.25, 0.3) is 0 Å². The van der Waals surface area contributed by atoms with E-state index in [1.807, 2.05) is 49.4 Å². The number of aromatic amines is 2. The van der Waals surface area contributed by atoms with Crippen LogP contribution in [0.2, 0.25) is 0 Å². The molecule has 0 aliphatic heterocycles. The Balaban J connectivity index is 1.75. The molecule has 140 valence electrons. The smallest absolute Gasteiger partial charge is 0.209 e. The van der Waals surface area contributed by atoms with E-state index < -0.39 is 0 Å². The Hall–Kier alpha value is -2.12. The van der Waals surface area contributed by atoms with Crippen molar-refractivity contribution in [3.05, 3.63) is 103 Å². The minimum absolute atomic E-state index is 0.00526. The van der Waals surface area contributed by atoms with Crippen LogP contribution in [0.3, 0.4) is 0 Å². The van der Waals surface area contributed by atoms with Gasteiger partial charge < -0.3 is 9.97 Å². The van der Waals surface area contributed by atoms with Crippen LogP contribution < -0.4 is 0 Å². The number of benzene rings is 2. The number of rotatable bonds is 5. The predicted octanol–water partition coefficient (Wildman–Crippen LogP) is 6.51. The minimum Gasteiger partial charge on any atom is -0.355 e. The number of hydrogen-bond acceptors (Lipinski definition) is 1. The summed E-state index contributed by atoms with van der Waals surface area (Å²) in [5.74, 6) is 0.00526. The maximum absolute atomic E-state index is 13.0. The standard InChI is InChI=1S/C23H18BrIN2O/c1-14-2-4-16(5-3-14)23(28)21-13-19(15-6-8-17(25)9-7-15)20(27-21)12-18-10-11-22(24)26-18/h2-11,13,26-27H,12H2,1H3. The van der Waals surface area contributed by atoms with Crippen molar-refractivity contribution < 1.29 is 4.79 Å². The normalized spacial score (nSPS) is 11.0. The first kappa shape index (κ1) is 19.2. The fourth-order valence-corrected chi connectivity index (χ4v) is 3.96. The number of carbonyl (C=O) groups excluding carboxylic acids is 1. The quantitative estimate of drug-likeness (QED) is 0.218. The van der Waals surface area contributed by atoms with Gasteiger partial charge in [0.2, 0.25) is 5.78 Å². The number of H-pyrrole nitrogens is 2. The van der Waals surface area contributed by atoms with Crippen LogP contribution in [-0.4, -0.2) is 15.8 Å². The fourth-order valence-electron chi connectivity index (χ4n) is 3.21. The Labute approximate surface area is 185 Å². The highest BCUT2D eigenvalue weighted by Crippen LogP contribution is 2.29. The first-order valence-electron chi connectivity index (χ1n) is 8.92. The second-order valence-corrected chi connectivity index (χ2v) is 8.89. The number of aromatic nitrogens is 2. The van der Waals surface area contributed by atoms with Crippen molar-refractivity contribution in [3.63, 3.8) is 0 Å². The summed E-state index contributed by atoms with van der Waals surface area (Å²) in [6, 6.07) is 22.1. The Bertz CT molecular complexity index is 1120. The zero-order chi connectivity index (χ0) is 19.7. The summed E-state index contributed by atoms with van der Waals surface area (Å²) in [6.45, 7) is 2.02. The van der Waals surface area contributed by atoms with Crippen molar-refractivity contribution in [1.29, 1.82) is 0 Å². The van der Waals surface area contributed by atoms with Crippen molar-refractivity contribution in [2.75, 3.05) is 0 Å². The van der Waals surface area contributed by atoms with Gasteiger partial charge in [0.1, 0.15) is 0 Å². The van der Waals surface area contributed by atoms with Crippen LogP contribution >= 0.6 is 38.5 Å². The number of halogens is 2. The van der Waals surface area contributed by atoms with E-state index in [2.05, 4.69) is 72.8 Å². The molecule has 0 amide bonds. The molecular formula is C23H18BrIN2O. The maximum Gasteiger partial charge on any atom is 0.209 e. The minimum atomic E-state index is 0.00526. The molecule has 0 bridgehead atoms. The topological polar surface area (TPSA) is 48.6 Å². The van der Waals surface area contributed by atoms with Crippen LogP contribution in [0.1, 0.15) is 33.0 Å². The highest BCUT2D eigenvalue weighted by Gasteiger charge is 2.17. The molecule has 3 nitrogen and oxygen atoms in total. The molecule has 0 spiro atoms. The van der Waals surface area contributed by atoms with E-state index in [-0.39, 0.29) is 5.78 Å². The van der Waals surface area contributed by atoms with Gasteiger partial charge in [0, 0.05) is 32.5 Å². The summed E-state index contributed by atoms with van der Waals surface area (Å²) in [5, 5.41) is 0. The molecule has 2 aromatic heterocycles. The zero-order valence-electron chi connectivity index (χ0n) is 15.2. The van der Waals surface area contributed by atoms with Crippen molar-refractivity contribution in [2.45, 2.75) is 13.3 Å². The molecule has 0 fully saturated rings. The second kappa shape index (κ2) is 8.09. The van der Waals surface area contributed by atoms with Gasteiger partial charge in [-0.05, 0) is 81.3 Å². The second-order valence-electron chi connectivity index (χ2n) is 6.79. The fraction of sp³-hybridized carbons (Fsp3) is 0.0870. The van der Waals surface area contributed by atoms with E-state index in [4.69, 9.17) is 0 Å². The number of ketones is 1. The van der Waals surface area contributed by atoms with Crippen molar-refractivity contribution in [1.82, 2.24) is 9.97 Å². The predicted molar refractivity (Wildman–Crippen MR) is 125 cm³/mol. The van der Waals surface area contributed by atoms with E-state index in [1.54, 1.807) is 0 Å². The Morgan fingerprint density at radius 2 is 1.68 bits per heavy atom. The van der Waals surface area contributed by atoms with Gasteiger partial charge in [-0.25, -0.2) is 0 Å². The summed E-state index contributed by atoms with van der Waals surface area (Å²) < 4.78 is 2.13. The largest absolute Gasteiger partial charge is 0.355 e. The lowest BCUT2D eigenvalue weighted by molar-refractivity contribution is 0.103. The first-order chi connectivity index (χ1) is 13.5. The summed E-state index contributed by atoms with van der Waals surface area (Å²) in [7, 11) is 0. The maximum atomic E-state index is 13.0. The Morgan fingerprint density at radius 3 is 2.32 bits per heavy atom. The van der Waals surface area contributed by atoms with Gasteiger partial charge in [0.15, 0.2) is 0 Å². The lowest BCUT2D eigenvalue weighted by Gasteiger charge is -2.04. The number of aryl methyl sites for hydroxylation is 1. The summed E-state index contributed by atoms with van der Waals surface area (Å²) in [4.78, 5) is 19.7. The Kier molecular flexibility index (Phi) is 5.55. The molecule has 2 aromatic carbocycles. The lowest BCUT2D eigenvalue weighted by atomic mass is 10.0. The Morgan fingerprint density at radius 1 is 0.964 bits per heavy atom. The summed E-state index contributed by atoms with van der Waals surface area (Å²) >= 11 is 5.76. The summed E-state index contributed by atoms with van der Waals surface area (Å²) in [5.41, 5.74) is 6.69. The average Bonchev–Trinajstić information content (AvgIpc) is 3.29. The highest BCUT2D eigenvalue weighted by molar-refractivity contribution is 14.1. The number of hydrogen-bond donors (Lipinski definition) is 2. The molecular weight excluding hydrogens is 527 g/mol. The van der Waals surface area contributed by atoms with Crippen molar-refractivity contribution in [3.8, 4) is 11.1 Å². The van der Waals surface area contributed by atoms with Gasteiger partial charge in [-0.1, -0.05) is 42.0 Å². The van der Waals surface area contributed by atoms with E-state index >= 15 is 0 Å². The third-order valence-electron chi connectivity index (χ3n) is 4.69. The molecule has 4 rings (SSSR count). The molecule has 0 aliphatic rings. The molecule has 4 aromatic rings. The molecule has 2 heterocycles. The molecule has 28 heavy (non-hydrogen) atoms. The lowest BCUT2D eigenvalue weighted by Crippen LogP contribution is -2.02. The van der Waals surface area contributed by atoms with Gasteiger partial charge >= 0.3 is 0 Å². The monoisotopic (exact) mass is 544 g/mol. The SMILES string of the molecule is Cc1ccc(C(=O)c2cc(-c3ccc(I)cc3)c(Cc3ccc(Br)[nH]3)[nH]2)cc1. The first-order valence-corrected chi connectivity index (χ1v) is 10.8. The molecule has 5 heteroatoms. The summed E-state index contributed by atoms with van der Waals surface area (Å²) in [6.07, 6.45) is 0.689. The molecule has 0 radical (unpaired) electrons. The molecule has 0 aliphatic carbocycles. The molecule has 0 saturated carbocycles. The molecule has 0 unspecified atom stereocenters. The van der Waals surface area contributed by atoms with E-state index in [0.29, 0.717) is 17.7 Å². The van der Waals surface area contributed by atoms with Gasteiger partial charge in [0.05, 0.1) is 10.3 Å². The van der Waals surface area contributed by atoms with Gasteiger partial charge in [-0.2, -0.15) is 0 Å². The van der Waals surface area contributed by atoms with Crippen LogP contribution in [0.4, 0.5) is 0 Å². The molecule has 2 N–H and O–H groups in total. The van der Waals surface area contributed by atoms with E-state index in [0.717, 1.165) is 32.7 Å². The van der Waals surface area contributed by atoms with Crippen molar-refractivity contribution in [2.24, 2.45) is 0 Å². The molecule has 0 atom stereocenters. The third-order valence-corrected chi connectivity index (χ3v) is 5.87. The van der Waals surface area contributed by atoms with E-state index in [1.165, 1.54) is 3.57 Å². The van der Waals surface area contributed by atoms with Crippen LogP contribution in [0.5, 0.6) is 0 Å². The van der Waals surface area contributed by atoms with Gasteiger partial charge in [-0.3, -0.25) is 4.79 Å². The van der Waals surface area contributed by atoms with E-state index in [9.17, 15) is 4.79 Å². The van der Waals surface area contributed by atoms with Gasteiger partial charge in [-0.15, -0.1) is 0 Å². The average molecular weight is 545 g/mol. The zero-order valence-corrected chi connectivity index (χ0v) is 19.0. The van der Waals surface area contributed by atoms with Crippen LogP contribution in [0, 0.1) is 10.5 Å². The molecule has 0 saturated heterocycles. The number of nitrogens with one attached hydrogen (secondary N) is 2. The van der Waals surface area contributed by atoms with Crippen LogP contribution in [0.15, 0.2) is 71.3 Å². The number of carbonyl (C=O) groups is 1. The van der Waals surface area contributed by atoms with Crippen molar-refractivity contribution >= 4 is 44.3 Å².